The van der Waals surface area contributed by atoms with Crippen molar-refractivity contribution < 1.29 is 0 Å². The van der Waals surface area contributed by atoms with Crippen LogP contribution in [0.3, 0.4) is 0 Å². The van der Waals surface area contributed by atoms with Crippen LogP contribution in [0.2, 0.25) is 5.02 Å². The monoisotopic (exact) mass is 357 g/mol. The lowest BCUT2D eigenvalue weighted by Gasteiger charge is -2.32. The molecule has 3 heteroatoms. The number of halogens is 2. The summed E-state index contributed by atoms with van der Waals surface area (Å²) < 4.78 is 1.06. The lowest BCUT2D eigenvalue weighted by Crippen LogP contribution is -2.35. The van der Waals surface area contributed by atoms with Crippen molar-refractivity contribution in [2.45, 2.75) is 52.0 Å². The average Bonchev–Trinajstić information content (AvgIpc) is 2.41. The van der Waals surface area contributed by atoms with E-state index in [4.69, 9.17) is 11.6 Å². The predicted molar refractivity (Wildman–Crippen MR) is 91.4 cm³/mol. The molecule has 2 unspecified atom stereocenters. The van der Waals surface area contributed by atoms with E-state index in [9.17, 15) is 0 Å². The second-order valence-corrected chi connectivity index (χ2v) is 7.63. The maximum atomic E-state index is 6.38. The average molecular weight is 359 g/mol. The molecule has 0 bridgehead atoms. The first-order valence-electron chi connectivity index (χ1n) is 7.73. The maximum Gasteiger partial charge on any atom is 0.0449 e. The van der Waals surface area contributed by atoms with Gasteiger partial charge >= 0.3 is 0 Å². The molecule has 1 N–H and O–H groups in total. The topological polar surface area (TPSA) is 12.0 Å². The van der Waals surface area contributed by atoms with Crippen molar-refractivity contribution in [2.75, 3.05) is 6.54 Å². The fourth-order valence-electron chi connectivity index (χ4n) is 3.18. The second kappa shape index (κ2) is 7.82. The van der Waals surface area contributed by atoms with Gasteiger partial charge in [-0.1, -0.05) is 60.3 Å². The Kier molecular flexibility index (Phi) is 6.38. The van der Waals surface area contributed by atoms with Gasteiger partial charge in [0, 0.05) is 15.5 Å². The summed E-state index contributed by atoms with van der Waals surface area (Å²) in [4.78, 5) is 0. The predicted octanol–water partition coefficient (Wildman–Crippen LogP) is 5.45. The van der Waals surface area contributed by atoms with E-state index in [1.54, 1.807) is 0 Å². The molecule has 1 fully saturated rings. The van der Waals surface area contributed by atoms with Crippen molar-refractivity contribution in [3.05, 3.63) is 33.3 Å². The zero-order valence-corrected chi connectivity index (χ0v) is 14.8. The van der Waals surface area contributed by atoms with Crippen LogP contribution in [0.25, 0.3) is 0 Å². The van der Waals surface area contributed by atoms with Gasteiger partial charge in [-0.15, -0.1) is 0 Å². The van der Waals surface area contributed by atoms with Gasteiger partial charge in [-0.3, -0.25) is 0 Å². The van der Waals surface area contributed by atoms with E-state index in [1.807, 2.05) is 6.07 Å². The molecule has 1 aromatic rings. The third-order valence-electron chi connectivity index (χ3n) is 4.35. The van der Waals surface area contributed by atoms with E-state index in [0.29, 0.717) is 6.04 Å². The Morgan fingerprint density at radius 1 is 1.25 bits per heavy atom. The Bertz CT molecular complexity index is 433. The molecule has 1 aliphatic rings. The van der Waals surface area contributed by atoms with E-state index in [2.05, 4.69) is 47.2 Å². The van der Waals surface area contributed by atoms with E-state index in [1.165, 1.54) is 31.2 Å². The summed E-state index contributed by atoms with van der Waals surface area (Å²) in [7, 11) is 0. The van der Waals surface area contributed by atoms with E-state index in [-0.39, 0.29) is 0 Å². The molecular weight excluding hydrogens is 334 g/mol. The maximum absolute atomic E-state index is 6.38. The summed E-state index contributed by atoms with van der Waals surface area (Å²) in [6, 6.07) is 6.87. The minimum atomic E-state index is 0.578. The van der Waals surface area contributed by atoms with Crippen LogP contribution in [0.15, 0.2) is 22.7 Å². The smallest absolute Gasteiger partial charge is 0.0449 e. The fraction of sp³-hybridized carbons (Fsp3) is 0.647. The summed E-state index contributed by atoms with van der Waals surface area (Å²) in [6.45, 7) is 5.60. The lowest BCUT2D eigenvalue weighted by atomic mass is 9.76. The summed E-state index contributed by atoms with van der Waals surface area (Å²) in [5.74, 6) is 1.57. The zero-order valence-electron chi connectivity index (χ0n) is 12.5. The standard InChI is InChI=1S/C17H25BrClN/c1-12(2)20-11-15-6-4-3-5-13(15)9-14-7-8-16(18)10-17(14)19/h7-8,10,12-13,15,20H,3-6,9,11H2,1-2H3. The van der Waals surface area contributed by atoms with Crippen LogP contribution in [0.4, 0.5) is 0 Å². The summed E-state index contributed by atoms with van der Waals surface area (Å²) >= 11 is 9.86. The third kappa shape index (κ3) is 4.75. The quantitative estimate of drug-likeness (QED) is 0.738. The van der Waals surface area contributed by atoms with Crippen molar-refractivity contribution in [3.63, 3.8) is 0 Å². The van der Waals surface area contributed by atoms with Gasteiger partial charge in [-0.2, -0.15) is 0 Å². The van der Waals surface area contributed by atoms with Crippen LogP contribution in [0.5, 0.6) is 0 Å². The molecule has 2 rings (SSSR count). The van der Waals surface area contributed by atoms with Gasteiger partial charge in [-0.25, -0.2) is 0 Å². The van der Waals surface area contributed by atoms with E-state index >= 15 is 0 Å². The number of hydrogen-bond donors (Lipinski definition) is 1. The molecule has 0 amide bonds. The highest BCUT2D eigenvalue weighted by molar-refractivity contribution is 9.10. The minimum Gasteiger partial charge on any atom is -0.314 e. The molecule has 0 aromatic heterocycles. The number of nitrogens with one attached hydrogen (secondary N) is 1. The largest absolute Gasteiger partial charge is 0.314 e. The highest BCUT2D eigenvalue weighted by Crippen LogP contribution is 2.34. The molecule has 1 aliphatic carbocycles. The molecule has 0 aliphatic heterocycles. The van der Waals surface area contributed by atoms with Gasteiger partial charge in [0.15, 0.2) is 0 Å². The molecule has 2 atom stereocenters. The normalized spacial score (nSPS) is 23.2. The Balaban J connectivity index is 2.00. The Hall–Kier alpha value is -0.0500. The van der Waals surface area contributed by atoms with Crippen molar-refractivity contribution in [2.24, 2.45) is 11.8 Å². The van der Waals surface area contributed by atoms with Crippen LogP contribution < -0.4 is 5.32 Å². The first-order valence-corrected chi connectivity index (χ1v) is 8.90. The van der Waals surface area contributed by atoms with Gasteiger partial charge in [0.2, 0.25) is 0 Å². The Morgan fingerprint density at radius 2 is 1.95 bits per heavy atom. The number of rotatable bonds is 5. The van der Waals surface area contributed by atoms with Crippen LogP contribution in [0, 0.1) is 11.8 Å². The molecule has 0 heterocycles. The minimum absolute atomic E-state index is 0.578. The molecule has 112 valence electrons. The van der Waals surface area contributed by atoms with Gasteiger partial charge in [0.25, 0.3) is 0 Å². The molecular formula is C17H25BrClN. The highest BCUT2D eigenvalue weighted by Gasteiger charge is 2.25. The Labute approximate surface area is 136 Å². The first-order chi connectivity index (χ1) is 9.56. The van der Waals surface area contributed by atoms with Crippen LogP contribution in [-0.2, 0) is 6.42 Å². The Morgan fingerprint density at radius 3 is 2.60 bits per heavy atom. The molecule has 0 radical (unpaired) electrons. The number of benzene rings is 1. The molecule has 0 saturated heterocycles. The lowest BCUT2D eigenvalue weighted by molar-refractivity contribution is 0.224. The molecule has 1 aromatic carbocycles. The van der Waals surface area contributed by atoms with Gasteiger partial charge in [0.1, 0.15) is 0 Å². The third-order valence-corrected chi connectivity index (χ3v) is 5.20. The highest BCUT2D eigenvalue weighted by atomic mass is 79.9. The summed E-state index contributed by atoms with van der Waals surface area (Å²) in [5.41, 5.74) is 1.30. The summed E-state index contributed by atoms with van der Waals surface area (Å²) in [6.07, 6.45) is 6.58. The second-order valence-electron chi connectivity index (χ2n) is 6.31. The molecule has 1 saturated carbocycles. The van der Waals surface area contributed by atoms with E-state index in [0.717, 1.165) is 34.3 Å². The van der Waals surface area contributed by atoms with Gasteiger partial charge in [0.05, 0.1) is 0 Å². The summed E-state index contributed by atoms with van der Waals surface area (Å²) in [5, 5.41) is 4.52. The van der Waals surface area contributed by atoms with Gasteiger partial charge in [-0.05, 0) is 55.3 Å². The molecule has 0 spiro atoms. The number of hydrogen-bond acceptors (Lipinski definition) is 1. The van der Waals surface area contributed by atoms with Gasteiger partial charge < -0.3 is 5.32 Å². The first kappa shape index (κ1) is 16.3. The molecule has 20 heavy (non-hydrogen) atoms. The fourth-order valence-corrected chi connectivity index (χ4v) is 3.93. The zero-order chi connectivity index (χ0) is 14.5. The van der Waals surface area contributed by atoms with Crippen molar-refractivity contribution in [1.82, 2.24) is 5.32 Å². The van der Waals surface area contributed by atoms with Crippen molar-refractivity contribution >= 4 is 27.5 Å². The van der Waals surface area contributed by atoms with E-state index < -0.39 is 0 Å². The van der Waals surface area contributed by atoms with Crippen LogP contribution >= 0.6 is 27.5 Å². The molecule has 1 nitrogen and oxygen atoms in total. The van der Waals surface area contributed by atoms with Crippen molar-refractivity contribution in [3.8, 4) is 0 Å². The van der Waals surface area contributed by atoms with Crippen molar-refractivity contribution in [1.29, 1.82) is 0 Å². The van der Waals surface area contributed by atoms with Crippen LogP contribution in [0.1, 0.15) is 45.1 Å². The van der Waals surface area contributed by atoms with Crippen LogP contribution in [-0.4, -0.2) is 12.6 Å². The SMILES string of the molecule is CC(C)NCC1CCCCC1Cc1ccc(Br)cc1Cl.